The summed E-state index contributed by atoms with van der Waals surface area (Å²) < 4.78 is 0. The highest BCUT2D eigenvalue weighted by Crippen LogP contribution is 2.46. The van der Waals surface area contributed by atoms with Crippen molar-refractivity contribution in [3.8, 4) is 0 Å². The highest BCUT2D eigenvalue weighted by Gasteiger charge is 2.33. The van der Waals surface area contributed by atoms with E-state index in [9.17, 15) is 39.6 Å². The summed E-state index contributed by atoms with van der Waals surface area (Å²) in [5.74, 6) is -5.89. The van der Waals surface area contributed by atoms with Crippen LogP contribution in [-0.2, 0) is 10.8 Å². The maximum absolute atomic E-state index is 12.5. The SMILES string of the molecule is CC(C)(C)c1cc2c(C(=O)O)c(C(=O)O)c3cc(C(C)(C)C)cc4c(C(=O)O)c(C(=O)O)c(c1)c2c34. The lowest BCUT2D eigenvalue weighted by Crippen LogP contribution is -2.18. The molecular weight excluding hydrogens is 464 g/mol. The molecule has 0 atom stereocenters. The Morgan fingerprint density at radius 3 is 0.806 bits per heavy atom. The third-order valence-corrected chi connectivity index (χ3v) is 6.69. The van der Waals surface area contributed by atoms with Gasteiger partial charge in [-0.25, -0.2) is 19.2 Å². The first-order chi connectivity index (χ1) is 16.5. The molecule has 4 rings (SSSR count). The monoisotopic (exact) mass is 490 g/mol. The van der Waals surface area contributed by atoms with Gasteiger partial charge in [-0.2, -0.15) is 0 Å². The molecule has 0 aromatic heterocycles. The Kier molecular flexibility index (Phi) is 5.29. The first kappa shape index (κ1) is 24.9. The second-order valence-electron chi connectivity index (χ2n) is 11.1. The molecule has 0 saturated carbocycles. The van der Waals surface area contributed by atoms with Gasteiger partial charge in [0.25, 0.3) is 0 Å². The molecule has 186 valence electrons. The summed E-state index contributed by atoms with van der Waals surface area (Å²) in [5, 5.41) is 41.5. The maximum Gasteiger partial charge on any atom is 0.337 e. The summed E-state index contributed by atoms with van der Waals surface area (Å²) in [7, 11) is 0. The van der Waals surface area contributed by atoms with Crippen molar-refractivity contribution in [1.82, 2.24) is 0 Å². The molecule has 0 radical (unpaired) electrons. The molecule has 0 bridgehead atoms. The third kappa shape index (κ3) is 3.52. The third-order valence-electron chi connectivity index (χ3n) is 6.69. The van der Waals surface area contributed by atoms with E-state index in [2.05, 4.69) is 0 Å². The molecule has 0 unspecified atom stereocenters. The topological polar surface area (TPSA) is 149 Å². The Morgan fingerprint density at radius 1 is 0.472 bits per heavy atom. The minimum absolute atomic E-state index is 0.0581. The number of hydrogen-bond donors (Lipinski definition) is 4. The Labute approximate surface area is 206 Å². The van der Waals surface area contributed by atoms with E-state index in [4.69, 9.17) is 0 Å². The van der Waals surface area contributed by atoms with Crippen molar-refractivity contribution in [3.63, 3.8) is 0 Å². The number of carboxylic acids is 4. The lowest BCUT2D eigenvalue weighted by Gasteiger charge is -2.26. The van der Waals surface area contributed by atoms with Gasteiger partial charge in [0.05, 0.1) is 22.3 Å². The molecule has 0 fully saturated rings. The highest BCUT2D eigenvalue weighted by molar-refractivity contribution is 6.36. The van der Waals surface area contributed by atoms with Crippen LogP contribution in [-0.4, -0.2) is 44.3 Å². The van der Waals surface area contributed by atoms with Gasteiger partial charge in [-0.3, -0.25) is 0 Å². The van der Waals surface area contributed by atoms with Crippen LogP contribution < -0.4 is 0 Å². The second kappa shape index (κ2) is 7.65. The molecule has 0 saturated heterocycles. The minimum atomic E-state index is -1.47. The molecule has 4 N–H and O–H groups in total. The largest absolute Gasteiger partial charge is 0.478 e. The van der Waals surface area contributed by atoms with E-state index in [1.54, 1.807) is 24.3 Å². The predicted molar refractivity (Wildman–Crippen MR) is 135 cm³/mol. The summed E-state index contributed by atoms with van der Waals surface area (Å²) in [5.41, 5.74) is -1.92. The van der Waals surface area contributed by atoms with E-state index in [0.29, 0.717) is 11.1 Å². The summed E-state index contributed by atoms with van der Waals surface area (Å²) in [6, 6.07) is 6.28. The van der Waals surface area contributed by atoms with E-state index in [0.717, 1.165) is 0 Å². The van der Waals surface area contributed by atoms with Gasteiger partial charge < -0.3 is 20.4 Å². The standard InChI is InChI=1S/C28H26O8/c1-27(2,3)11-7-13-17-14(8-11)20(24(31)32)22(26(35)36)16-10-12(28(4,5)6)9-15(18(16)17)21(25(33)34)19(13)23(29)30/h7-10H,1-6H3,(H,29,30)(H,31,32)(H,33,34)(H,35,36). The summed E-state index contributed by atoms with van der Waals surface area (Å²) in [4.78, 5) is 50.2. The van der Waals surface area contributed by atoms with Crippen LogP contribution in [0.3, 0.4) is 0 Å². The predicted octanol–water partition coefficient (Wildman–Crippen LogP) is 5.97. The van der Waals surface area contributed by atoms with Gasteiger partial charge in [-0.15, -0.1) is 0 Å². The van der Waals surface area contributed by atoms with Crippen LogP contribution in [0.1, 0.15) is 94.1 Å². The van der Waals surface area contributed by atoms with E-state index in [1.165, 1.54) is 0 Å². The van der Waals surface area contributed by atoms with Crippen LogP contribution in [0.5, 0.6) is 0 Å². The van der Waals surface area contributed by atoms with Crippen LogP contribution in [0.4, 0.5) is 0 Å². The van der Waals surface area contributed by atoms with E-state index in [1.807, 2.05) is 41.5 Å². The van der Waals surface area contributed by atoms with Crippen LogP contribution in [0.25, 0.3) is 32.3 Å². The Morgan fingerprint density at radius 2 is 0.667 bits per heavy atom. The fourth-order valence-corrected chi connectivity index (χ4v) is 4.90. The van der Waals surface area contributed by atoms with Crippen molar-refractivity contribution < 1.29 is 39.6 Å². The van der Waals surface area contributed by atoms with E-state index in [-0.39, 0.29) is 32.3 Å². The van der Waals surface area contributed by atoms with Crippen molar-refractivity contribution in [2.24, 2.45) is 0 Å². The van der Waals surface area contributed by atoms with Crippen molar-refractivity contribution in [2.75, 3.05) is 0 Å². The van der Waals surface area contributed by atoms with Gasteiger partial charge in [0.15, 0.2) is 0 Å². The van der Waals surface area contributed by atoms with Crippen LogP contribution >= 0.6 is 0 Å². The van der Waals surface area contributed by atoms with Crippen molar-refractivity contribution in [3.05, 3.63) is 57.6 Å². The molecule has 4 aromatic rings. The molecule has 0 heterocycles. The maximum atomic E-state index is 12.5. The van der Waals surface area contributed by atoms with Gasteiger partial charge >= 0.3 is 23.9 Å². The second-order valence-corrected chi connectivity index (χ2v) is 11.1. The molecule has 0 aliphatic carbocycles. The molecule has 36 heavy (non-hydrogen) atoms. The summed E-state index contributed by atoms with van der Waals surface area (Å²) in [6.07, 6.45) is 0. The van der Waals surface area contributed by atoms with Gasteiger partial charge in [-0.05, 0) is 78.5 Å². The highest BCUT2D eigenvalue weighted by atomic mass is 16.4. The number of rotatable bonds is 4. The van der Waals surface area contributed by atoms with Crippen LogP contribution in [0.15, 0.2) is 24.3 Å². The van der Waals surface area contributed by atoms with Crippen molar-refractivity contribution >= 4 is 56.2 Å². The molecular formula is C28H26O8. The molecule has 0 aliphatic heterocycles. The number of carbonyl (C=O) groups is 4. The number of aromatic carboxylic acids is 4. The zero-order chi connectivity index (χ0) is 27.1. The number of benzene rings is 4. The fourth-order valence-electron chi connectivity index (χ4n) is 4.90. The first-order valence-corrected chi connectivity index (χ1v) is 11.3. The van der Waals surface area contributed by atoms with Crippen molar-refractivity contribution in [1.29, 1.82) is 0 Å². The normalized spacial score (nSPS) is 12.5. The molecule has 8 nitrogen and oxygen atoms in total. The first-order valence-electron chi connectivity index (χ1n) is 11.3. The quantitative estimate of drug-likeness (QED) is 0.256. The fraction of sp³-hybridized carbons (Fsp3) is 0.286. The number of carboxylic acid groups (broad SMARTS) is 4. The summed E-state index contributed by atoms with van der Waals surface area (Å²) in [6.45, 7) is 11.0. The van der Waals surface area contributed by atoms with Crippen LogP contribution in [0.2, 0.25) is 0 Å². The molecule has 4 aromatic carbocycles. The Balaban J connectivity index is 2.57. The van der Waals surface area contributed by atoms with E-state index >= 15 is 0 Å². The zero-order valence-corrected chi connectivity index (χ0v) is 20.7. The number of hydrogen-bond acceptors (Lipinski definition) is 4. The average Bonchev–Trinajstić information content (AvgIpc) is 2.73. The van der Waals surface area contributed by atoms with Gasteiger partial charge in [0.1, 0.15) is 0 Å². The van der Waals surface area contributed by atoms with Gasteiger partial charge in [0, 0.05) is 0 Å². The van der Waals surface area contributed by atoms with Crippen LogP contribution in [0, 0.1) is 0 Å². The molecule has 0 aliphatic rings. The molecule has 0 spiro atoms. The average molecular weight is 491 g/mol. The van der Waals surface area contributed by atoms with Crippen molar-refractivity contribution in [2.45, 2.75) is 52.4 Å². The van der Waals surface area contributed by atoms with E-state index < -0.39 is 57.0 Å². The Bertz CT molecular complexity index is 1420. The van der Waals surface area contributed by atoms with Gasteiger partial charge in [0.2, 0.25) is 0 Å². The Hall–Kier alpha value is -4.20. The lowest BCUT2D eigenvalue weighted by molar-refractivity contribution is 0.0654. The lowest BCUT2D eigenvalue weighted by atomic mass is 9.76. The van der Waals surface area contributed by atoms with Gasteiger partial charge in [-0.1, -0.05) is 41.5 Å². The molecule has 0 amide bonds. The summed E-state index contributed by atoms with van der Waals surface area (Å²) >= 11 is 0. The smallest absolute Gasteiger partial charge is 0.337 e. The minimum Gasteiger partial charge on any atom is -0.478 e. The molecule has 8 heteroatoms. The zero-order valence-electron chi connectivity index (χ0n) is 20.7.